The Morgan fingerprint density at radius 3 is 2.41 bits per heavy atom. The Kier molecular flexibility index (Phi) is 5.82. The van der Waals surface area contributed by atoms with Gasteiger partial charge in [0, 0.05) is 18.1 Å². The standard InChI is InChI=1S/C19H12F4N4O2/c20-15-7-14(16(21)18(23)17(15)22)19(29)12(10-28)8-24-13-3-1-11(2-4-13)9-27-6-5-25-26-27/h1-8,10,24H,9H2. The molecule has 0 aliphatic heterocycles. The predicted molar refractivity (Wildman–Crippen MR) is 93.9 cm³/mol. The number of benzene rings is 2. The zero-order valence-corrected chi connectivity index (χ0v) is 14.6. The molecule has 0 aliphatic rings. The average molecular weight is 404 g/mol. The first kappa shape index (κ1) is 19.9. The van der Waals surface area contributed by atoms with E-state index in [1.54, 1.807) is 41.3 Å². The molecule has 1 aromatic heterocycles. The molecule has 3 aromatic rings. The molecule has 0 spiro atoms. The van der Waals surface area contributed by atoms with E-state index in [0.717, 1.165) is 11.8 Å². The summed E-state index contributed by atoms with van der Waals surface area (Å²) in [6, 6.07) is 7.00. The molecule has 1 heterocycles. The van der Waals surface area contributed by atoms with Gasteiger partial charge in [0.25, 0.3) is 0 Å². The highest BCUT2D eigenvalue weighted by atomic mass is 19.2. The molecule has 29 heavy (non-hydrogen) atoms. The van der Waals surface area contributed by atoms with Crippen LogP contribution in [-0.2, 0) is 11.3 Å². The van der Waals surface area contributed by atoms with Crippen molar-refractivity contribution in [2.75, 3.05) is 5.32 Å². The van der Waals surface area contributed by atoms with E-state index < -0.39 is 40.2 Å². The van der Waals surface area contributed by atoms with E-state index >= 15 is 0 Å². The van der Waals surface area contributed by atoms with Crippen LogP contribution in [0.15, 0.2) is 54.5 Å². The van der Waals surface area contributed by atoms with Crippen molar-refractivity contribution in [1.29, 1.82) is 0 Å². The molecule has 148 valence electrons. The number of allylic oxidation sites excluding steroid dienone is 1. The molecule has 3 rings (SSSR count). The van der Waals surface area contributed by atoms with E-state index in [1.165, 1.54) is 0 Å². The molecule has 0 unspecified atom stereocenters. The van der Waals surface area contributed by atoms with Gasteiger partial charge in [0.2, 0.25) is 5.78 Å². The van der Waals surface area contributed by atoms with Crippen LogP contribution in [0.1, 0.15) is 15.9 Å². The number of aromatic nitrogens is 3. The smallest absolute Gasteiger partial charge is 0.200 e. The summed E-state index contributed by atoms with van der Waals surface area (Å²) in [5.41, 5.74) is -0.321. The van der Waals surface area contributed by atoms with Crippen LogP contribution in [0.4, 0.5) is 23.2 Å². The van der Waals surface area contributed by atoms with Crippen LogP contribution in [0.2, 0.25) is 0 Å². The average Bonchev–Trinajstić information content (AvgIpc) is 3.23. The van der Waals surface area contributed by atoms with Gasteiger partial charge < -0.3 is 5.32 Å². The van der Waals surface area contributed by atoms with Crippen LogP contribution in [0.25, 0.3) is 0 Å². The highest BCUT2D eigenvalue weighted by molar-refractivity contribution is 6.20. The Labute approximate surface area is 161 Å². The van der Waals surface area contributed by atoms with Crippen molar-refractivity contribution < 1.29 is 27.2 Å². The minimum absolute atomic E-state index is 0.0903. The summed E-state index contributed by atoms with van der Waals surface area (Å²) in [6.07, 6.45) is 4.28. The molecule has 0 saturated carbocycles. The fraction of sp³-hybridized carbons (Fsp3) is 0.0526. The third kappa shape index (κ3) is 4.37. The van der Waals surface area contributed by atoms with Gasteiger partial charge in [-0.2, -0.15) is 0 Å². The number of carbonyl (C=O) groups excluding carboxylic acids is 2. The molecular weight excluding hydrogens is 392 g/mol. The first-order chi connectivity index (χ1) is 13.9. The number of nitrogens with one attached hydrogen (secondary N) is 1. The minimum Gasteiger partial charge on any atom is -0.361 e. The van der Waals surface area contributed by atoms with Crippen molar-refractivity contribution in [3.8, 4) is 0 Å². The lowest BCUT2D eigenvalue weighted by Gasteiger charge is -2.07. The summed E-state index contributed by atoms with van der Waals surface area (Å²) in [7, 11) is 0. The normalized spacial score (nSPS) is 11.4. The molecule has 0 radical (unpaired) electrons. The maximum Gasteiger partial charge on any atom is 0.200 e. The summed E-state index contributed by atoms with van der Waals surface area (Å²) >= 11 is 0. The van der Waals surface area contributed by atoms with Crippen molar-refractivity contribution in [1.82, 2.24) is 15.0 Å². The Morgan fingerprint density at radius 1 is 1.07 bits per heavy atom. The van der Waals surface area contributed by atoms with E-state index in [0.29, 0.717) is 12.2 Å². The molecule has 0 bridgehead atoms. The second-order valence-corrected chi connectivity index (χ2v) is 5.84. The van der Waals surface area contributed by atoms with E-state index in [1.807, 2.05) is 0 Å². The number of hydrogen-bond acceptors (Lipinski definition) is 5. The van der Waals surface area contributed by atoms with E-state index in [9.17, 15) is 27.2 Å². The first-order valence-corrected chi connectivity index (χ1v) is 8.13. The van der Waals surface area contributed by atoms with Crippen molar-refractivity contribution in [2.24, 2.45) is 0 Å². The number of aldehydes is 1. The summed E-state index contributed by atoms with van der Waals surface area (Å²) in [5.74, 6) is -9.09. The topological polar surface area (TPSA) is 76.9 Å². The van der Waals surface area contributed by atoms with Crippen LogP contribution < -0.4 is 5.32 Å². The number of nitrogens with zero attached hydrogens (tertiary/aromatic N) is 3. The first-order valence-electron chi connectivity index (χ1n) is 8.13. The highest BCUT2D eigenvalue weighted by Gasteiger charge is 2.24. The molecule has 0 aliphatic carbocycles. The van der Waals surface area contributed by atoms with Crippen LogP contribution >= 0.6 is 0 Å². The van der Waals surface area contributed by atoms with E-state index in [4.69, 9.17) is 0 Å². The van der Waals surface area contributed by atoms with Crippen LogP contribution in [0, 0.1) is 23.3 Å². The number of ketones is 1. The number of hydrogen-bond donors (Lipinski definition) is 1. The summed E-state index contributed by atoms with van der Waals surface area (Å²) < 4.78 is 55.1. The molecule has 6 nitrogen and oxygen atoms in total. The lowest BCUT2D eigenvalue weighted by molar-refractivity contribution is -0.104. The molecular formula is C19H12F4N4O2. The third-order valence-electron chi connectivity index (χ3n) is 3.90. The van der Waals surface area contributed by atoms with Crippen LogP contribution in [0.5, 0.6) is 0 Å². The van der Waals surface area contributed by atoms with Gasteiger partial charge in [-0.15, -0.1) is 5.10 Å². The van der Waals surface area contributed by atoms with Gasteiger partial charge in [0.15, 0.2) is 29.6 Å². The summed E-state index contributed by atoms with van der Waals surface area (Å²) in [4.78, 5) is 23.4. The molecule has 0 saturated heterocycles. The van der Waals surface area contributed by atoms with Crippen LogP contribution in [-0.4, -0.2) is 27.1 Å². The molecule has 1 N–H and O–H groups in total. The zero-order chi connectivity index (χ0) is 21.0. The maximum absolute atomic E-state index is 13.8. The second-order valence-electron chi connectivity index (χ2n) is 5.84. The maximum atomic E-state index is 13.8. The fourth-order valence-corrected chi connectivity index (χ4v) is 2.42. The monoisotopic (exact) mass is 404 g/mol. The van der Waals surface area contributed by atoms with Gasteiger partial charge in [-0.1, -0.05) is 17.3 Å². The van der Waals surface area contributed by atoms with Gasteiger partial charge >= 0.3 is 0 Å². The van der Waals surface area contributed by atoms with E-state index in [-0.39, 0.29) is 12.4 Å². The van der Waals surface area contributed by atoms with Crippen molar-refractivity contribution in [3.63, 3.8) is 0 Å². The van der Waals surface area contributed by atoms with Crippen LogP contribution in [0.3, 0.4) is 0 Å². The SMILES string of the molecule is O=CC(=CNc1ccc(Cn2ccnn2)cc1)C(=O)c1cc(F)c(F)c(F)c1F. The number of Topliss-reactive ketones (excluding diaryl/α,β-unsaturated/α-hetero) is 1. The van der Waals surface area contributed by atoms with Gasteiger partial charge in [-0.3, -0.25) is 9.59 Å². The number of rotatable bonds is 7. The largest absolute Gasteiger partial charge is 0.361 e. The molecule has 0 amide bonds. The number of anilines is 1. The van der Waals surface area contributed by atoms with Gasteiger partial charge in [-0.25, -0.2) is 22.2 Å². The quantitative estimate of drug-likeness (QED) is 0.0956. The summed E-state index contributed by atoms with van der Waals surface area (Å²) in [5, 5.41) is 10.2. The van der Waals surface area contributed by atoms with Gasteiger partial charge in [0.1, 0.15) is 0 Å². The zero-order valence-electron chi connectivity index (χ0n) is 14.6. The minimum atomic E-state index is -2.13. The van der Waals surface area contributed by atoms with Crippen molar-refractivity contribution >= 4 is 17.8 Å². The highest BCUT2D eigenvalue weighted by Crippen LogP contribution is 2.21. The molecule has 0 fully saturated rings. The third-order valence-corrected chi connectivity index (χ3v) is 3.90. The van der Waals surface area contributed by atoms with E-state index in [2.05, 4.69) is 15.6 Å². The Morgan fingerprint density at radius 2 is 1.79 bits per heavy atom. The molecule has 2 aromatic carbocycles. The summed E-state index contributed by atoms with van der Waals surface area (Å²) in [6.45, 7) is 0.481. The Bertz CT molecular complexity index is 1080. The number of carbonyl (C=O) groups is 2. The molecule has 0 atom stereocenters. The number of halogens is 4. The Hall–Kier alpha value is -3.82. The lowest BCUT2D eigenvalue weighted by Crippen LogP contribution is -2.12. The van der Waals surface area contributed by atoms with Crippen molar-refractivity contribution in [2.45, 2.75) is 6.54 Å². The Balaban J connectivity index is 1.76. The van der Waals surface area contributed by atoms with Crippen molar-refractivity contribution in [3.05, 3.63) is 88.9 Å². The van der Waals surface area contributed by atoms with Gasteiger partial charge in [-0.05, 0) is 23.8 Å². The second kappa shape index (κ2) is 8.46. The fourth-order valence-electron chi connectivity index (χ4n) is 2.42. The van der Waals surface area contributed by atoms with Gasteiger partial charge in [0.05, 0.1) is 23.9 Å². The predicted octanol–water partition coefficient (Wildman–Crippen LogP) is 3.26. The molecule has 10 heteroatoms. The lowest BCUT2D eigenvalue weighted by atomic mass is 10.0.